The van der Waals surface area contributed by atoms with Crippen LogP contribution in [0.5, 0.6) is 0 Å². The maximum atomic E-state index is 6.14. The molecule has 0 aliphatic carbocycles. The lowest BCUT2D eigenvalue weighted by molar-refractivity contribution is 0.644. The molecule has 1 aromatic carbocycles. The third-order valence-electron chi connectivity index (χ3n) is 2.76. The van der Waals surface area contributed by atoms with E-state index in [2.05, 4.69) is 37.8 Å². The van der Waals surface area contributed by atoms with Gasteiger partial charge in [-0.25, -0.2) is 0 Å². The Morgan fingerprint density at radius 3 is 2.43 bits per heavy atom. The van der Waals surface area contributed by atoms with Crippen molar-refractivity contribution in [1.29, 1.82) is 0 Å². The fourth-order valence-corrected chi connectivity index (χ4v) is 2.78. The van der Waals surface area contributed by atoms with Crippen molar-refractivity contribution >= 4 is 21.8 Å². The van der Waals surface area contributed by atoms with Crippen LogP contribution in [0.4, 0.5) is 0 Å². The van der Waals surface area contributed by atoms with E-state index in [1.165, 1.54) is 5.56 Å². The van der Waals surface area contributed by atoms with Crippen LogP contribution in [0, 0.1) is 0 Å². The van der Waals surface area contributed by atoms with E-state index >= 15 is 0 Å². The third kappa shape index (κ3) is 2.28. The first-order chi connectivity index (χ1) is 6.61. The Kier molecular flexibility index (Phi) is 3.96. The first-order valence-electron chi connectivity index (χ1n) is 5.01. The largest absolute Gasteiger partial charge is 0.0892 e. The highest BCUT2D eigenvalue weighted by Crippen LogP contribution is 2.34. The summed E-state index contributed by atoms with van der Waals surface area (Å²) in [5.41, 5.74) is 1.31. The maximum absolute atomic E-state index is 6.14. The van der Waals surface area contributed by atoms with Crippen LogP contribution in [0.1, 0.15) is 25.3 Å². The van der Waals surface area contributed by atoms with E-state index in [4.69, 9.17) is 11.6 Å². The lowest BCUT2D eigenvalue weighted by Gasteiger charge is -2.29. The number of rotatable bonds is 4. The number of halogens is 1. The van der Waals surface area contributed by atoms with Gasteiger partial charge in [0.05, 0.1) is 0 Å². The van der Waals surface area contributed by atoms with E-state index in [0.29, 0.717) is 0 Å². The summed E-state index contributed by atoms with van der Waals surface area (Å²) >= 11 is 6.14. The van der Waals surface area contributed by atoms with Crippen LogP contribution < -0.4 is 0 Å². The predicted octanol–water partition coefficient (Wildman–Crippen LogP) is 2.80. The van der Waals surface area contributed by atoms with E-state index < -0.39 is 0 Å². The molecule has 0 fully saturated rings. The summed E-state index contributed by atoms with van der Waals surface area (Å²) in [4.78, 5) is 0. The molecule has 0 aliphatic heterocycles. The Labute approximate surface area is 94.4 Å². The van der Waals surface area contributed by atoms with Crippen molar-refractivity contribution in [3.05, 3.63) is 47.5 Å². The number of hydrogen-bond donors (Lipinski definition) is 0. The van der Waals surface area contributed by atoms with Crippen LogP contribution in [0.25, 0.3) is 0 Å². The molecule has 0 heterocycles. The van der Waals surface area contributed by atoms with Gasteiger partial charge in [0.1, 0.15) is 0 Å². The van der Waals surface area contributed by atoms with Gasteiger partial charge in [-0.2, -0.15) is 0 Å². The van der Waals surface area contributed by atoms with Gasteiger partial charge in [0.2, 0.25) is 0 Å². The molecule has 1 unspecified atom stereocenters. The van der Waals surface area contributed by atoms with Crippen LogP contribution in [0.15, 0.2) is 41.9 Å². The molecule has 0 saturated carbocycles. The van der Waals surface area contributed by atoms with Crippen LogP contribution >= 0.6 is 11.6 Å². The first kappa shape index (κ1) is 11.5. The Morgan fingerprint density at radius 1 is 1.43 bits per heavy atom. The van der Waals surface area contributed by atoms with Crippen molar-refractivity contribution in [3.63, 3.8) is 0 Å². The van der Waals surface area contributed by atoms with Gasteiger partial charge >= 0.3 is 0 Å². The van der Waals surface area contributed by atoms with Gasteiger partial charge in [0, 0.05) is 20.3 Å². The van der Waals surface area contributed by atoms with Crippen molar-refractivity contribution in [2.75, 3.05) is 0 Å². The summed E-state index contributed by atoms with van der Waals surface area (Å²) in [5.74, 6) is 0. The molecule has 1 aromatic rings. The zero-order valence-corrected chi connectivity index (χ0v) is 11.6. The van der Waals surface area contributed by atoms with Crippen LogP contribution in [0.2, 0.25) is 0 Å². The summed E-state index contributed by atoms with van der Waals surface area (Å²) < 4.78 is 0. The summed E-state index contributed by atoms with van der Waals surface area (Å²) in [6.07, 6.45) is 2.25. The lowest BCUT2D eigenvalue weighted by atomic mass is 9.93. The average Bonchev–Trinajstić information content (AvgIpc) is 2.19. The Morgan fingerprint density at radius 2 is 2.00 bits per heavy atom. The minimum absolute atomic E-state index is 0.0531. The summed E-state index contributed by atoms with van der Waals surface area (Å²) in [7, 11) is 1.02. The normalized spacial score (nSPS) is 15.0. The third-order valence-corrected chi connectivity index (χ3v) is 5.17. The summed E-state index contributed by atoms with van der Waals surface area (Å²) in [6.45, 7) is 6.11. The van der Waals surface area contributed by atoms with E-state index in [-0.39, 0.29) is 5.04 Å². The second-order valence-electron chi connectivity index (χ2n) is 3.85. The molecule has 0 aromatic heterocycles. The zero-order valence-electron chi connectivity index (χ0n) is 8.89. The molecular weight excluding hydrogens is 208 g/mol. The average molecular weight is 225 g/mol. The van der Waals surface area contributed by atoms with Gasteiger partial charge in [-0.05, 0) is 12.0 Å². The molecule has 0 aliphatic rings. The summed E-state index contributed by atoms with van der Waals surface area (Å²) in [6, 6.07) is 10.5. The molecule has 2 heteroatoms. The molecule has 0 radical (unpaired) electrons. The molecule has 0 saturated heterocycles. The number of benzene rings is 1. The number of allylic oxidation sites excluding steroid dienone is 1. The van der Waals surface area contributed by atoms with Gasteiger partial charge in [-0.15, -0.1) is 0 Å². The first-order valence-corrected chi connectivity index (χ1v) is 6.39. The smallest absolute Gasteiger partial charge is 0.0229 e. The van der Waals surface area contributed by atoms with Crippen molar-refractivity contribution < 1.29 is 0 Å². The SMILES string of the molecule is C=C(Cl)C([SiH3])(CCC)c1ccccc1. The molecular formula is C12H17ClSi. The van der Waals surface area contributed by atoms with Crippen molar-refractivity contribution in [1.82, 2.24) is 0 Å². The van der Waals surface area contributed by atoms with E-state index in [1.807, 2.05) is 6.07 Å². The number of hydrogen-bond acceptors (Lipinski definition) is 0. The predicted molar refractivity (Wildman–Crippen MR) is 68.0 cm³/mol. The van der Waals surface area contributed by atoms with Gasteiger partial charge in [0.15, 0.2) is 0 Å². The summed E-state index contributed by atoms with van der Waals surface area (Å²) in [5, 5.41) is 0.842. The Balaban J connectivity index is 3.06. The second-order valence-corrected chi connectivity index (χ2v) is 6.02. The molecule has 1 rings (SSSR count). The minimum atomic E-state index is 0.0531. The molecule has 0 nitrogen and oxygen atoms in total. The highest BCUT2D eigenvalue weighted by molar-refractivity contribution is 6.36. The highest BCUT2D eigenvalue weighted by atomic mass is 35.5. The molecule has 0 amide bonds. The fraction of sp³-hybridized carbons (Fsp3) is 0.333. The highest BCUT2D eigenvalue weighted by Gasteiger charge is 2.27. The van der Waals surface area contributed by atoms with Crippen LogP contribution in [-0.2, 0) is 5.04 Å². The van der Waals surface area contributed by atoms with Gasteiger partial charge in [-0.3, -0.25) is 0 Å². The lowest BCUT2D eigenvalue weighted by Crippen LogP contribution is -2.26. The van der Waals surface area contributed by atoms with Gasteiger partial charge in [0.25, 0.3) is 0 Å². The molecule has 76 valence electrons. The van der Waals surface area contributed by atoms with E-state index in [9.17, 15) is 0 Å². The Hall–Kier alpha value is -0.533. The van der Waals surface area contributed by atoms with Crippen molar-refractivity contribution in [3.8, 4) is 0 Å². The molecule has 1 atom stereocenters. The minimum Gasteiger partial charge on any atom is -0.0892 e. The quantitative estimate of drug-likeness (QED) is 0.691. The standard InChI is InChI=1S/C12H17ClSi/c1-3-9-12(14,10(2)13)11-7-5-4-6-8-11/h4-8H,2-3,9H2,1,14H3. The Bertz CT molecular complexity index is 307. The molecule has 0 spiro atoms. The zero-order chi connectivity index (χ0) is 10.6. The second kappa shape index (κ2) is 4.81. The monoisotopic (exact) mass is 224 g/mol. The van der Waals surface area contributed by atoms with Gasteiger partial charge in [-0.1, -0.05) is 61.9 Å². The van der Waals surface area contributed by atoms with Crippen molar-refractivity contribution in [2.45, 2.75) is 24.8 Å². The van der Waals surface area contributed by atoms with Crippen molar-refractivity contribution in [2.24, 2.45) is 0 Å². The topological polar surface area (TPSA) is 0 Å². The maximum Gasteiger partial charge on any atom is 0.0229 e. The molecule has 0 N–H and O–H groups in total. The fourth-order valence-electron chi connectivity index (χ4n) is 1.74. The van der Waals surface area contributed by atoms with Crippen LogP contribution in [0.3, 0.4) is 0 Å². The molecule has 14 heavy (non-hydrogen) atoms. The van der Waals surface area contributed by atoms with E-state index in [0.717, 1.165) is 28.1 Å². The van der Waals surface area contributed by atoms with E-state index in [1.54, 1.807) is 0 Å². The van der Waals surface area contributed by atoms with Crippen LogP contribution in [-0.4, -0.2) is 10.2 Å². The van der Waals surface area contributed by atoms with Gasteiger partial charge < -0.3 is 0 Å². The molecule has 0 bridgehead atoms.